The minimum absolute atomic E-state index is 0.0964. The molecule has 2 N–H and O–H groups in total. The summed E-state index contributed by atoms with van der Waals surface area (Å²) in [6.07, 6.45) is 1.63. The van der Waals surface area contributed by atoms with Crippen LogP contribution in [0.25, 0.3) is 0 Å². The molecule has 140 valence electrons. The van der Waals surface area contributed by atoms with E-state index < -0.39 is 6.04 Å². The first-order chi connectivity index (χ1) is 13.1. The van der Waals surface area contributed by atoms with Crippen LogP contribution in [-0.4, -0.2) is 41.8 Å². The van der Waals surface area contributed by atoms with Gasteiger partial charge in [0, 0.05) is 12.2 Å². The fraction of sp³-hybridized carbons (Fsp3) is 0.286. The molecule has 6 heteroatoms. The smallest absolute Gasteiger partial charge is 0.247 e. The third-order valence-electron chi connectivity index (χ3n) is 4.56. The fourth-order valence-corrected chi connectivity index (χ4v) is 3.20. The van der Waals surface area contributed by atoms with Crippen molar-refractivity contribution in [2.75, 3.05) is 18.4 Å². The van der Waals surface area contributed by atoms with Crippen LogP contribution in [0.15, 0.2) is 60.7 Å². The number of amides is 3. The van der Waals surface area contributed by atoms with Gasteiger partial charge >= 0.3 is 0 Å². The van der Waals surface area contributed by atoms with E-state index in [2.05, 4.69) is 10.6 Å². The molecule has 2 aromatic carbocycles. The van der Waals surface area contributed by atoms with E-state index in [1.807, 2.05) is 60.7 Å². The molecule has 0 aliphatic carbocycles. The molecule has 2 aromatic rings. The fourth-order valence-electron chi connectivity index (χ4n) is 3.20. The standard InChI is InChI=1S/C21H23N3O3/c25-19(14-16-8-3-1-4-9-16)22-15-20(26)24-13-7-12-18(24)21(27)23-17-10-5-2-6-11-17/h1-6,8-11,18H,7,12-15H2,(H,22,25)(H,23,27)/t18-/m1/s1. The summed E-state index contributed by atoms with van der Waals surface area (Å²) < 4.78 is 0. The SMILES string of the molecule is O=C(Cc1ccccc1)NCC(=O)N1CCC[C@@H]1C(=O)Nc1ccccc1. The minimum Gasteiger partial charge on any atom is -0.347 e. The lowest BCUT2D eigenvalue weighted by Crippen LogP contribution is -2.47. The number of nitrogens with zero attached hydrogens (tertiary/aromatic N) is 1. The van der Waals surface area contributed by atoms with E-state index >= 15 is 0 Å². The molecular formula is C21H23N3O3. The van der Waals surface area contributed by atoms with Gasteiger partial charge in [0.05, 0.1) is 13.0 Å². The van der Waals surface area contributed by atoms with E-state index in [-0.39, 0.29) is 30.7 Å². The van der Waals surface area contributed by atoms with Gasteiger partial charge in [-0.15, -0.1) is 0 Å². The summed E-state index contributed by atoms with van der Waals surface area (Å²) in [5.41, 5.74) is 1.60. The first-order valence-electron chi connectivity index (χ1n) is 9.09. The normalized spacial score (nSPS) is 16.0. The van der Waals surface area contributed by atoms with Gasteiger partial charge in [-0.3, -0.25) is 14.4 Å². The summed E-state index contributed by atoms with van der Waals surface area (Å²) in [5, 5.41) is 5.50. The zero-order chi connectivity index (χ0) is 19.1. The number of carbonyl (C=O) groups is 3. The number of hydrogen-bond acceptors (Lipinski definition) is 3. The maximum atomic E-state index is 12.5. The Kier molecular flexibility index (Phi) is 6.20. The number of likely N-dealkylation sites (tertiary alicyclic amines) is 1. The van der Waals surface area contributed by atoms with Crippen LogP contribution >= 0.6 is 0 Å². The average molecular weight is 365 g/mol. The Bertz CT molecular complexity index is 793. The topological polar surface area (TPSA) is 78.5 Å². The van der Waals surface area contributed by atoms with Crippen molar-refractivity contribution >= 4 is 23.4 Å². The number of hydrogen-bond donors (Lipinski definition) is 2. The molecule has 0 unspecified atom stereocenters. The van der Waals surface area contributed by atoms with Crippen molar-refractivity contribution in [2.45, 2.75) is 25.3 Å². The first kappa shape index (κ1) is 18.6. The number of benzene rings is 2. The lowest BCUT2D eigenvalue weighted by Gasteiger charge is -2.24. The quantitative estimate of drug-likeness (QED) is 0.822. The monoisotopic (exact) mass is 365 g/mol. The molecule has 1 aliphatic heterocycles. The van der Waals surface area contributed by atoms with Crippen molar-refractivity contribution in [2.24, 2.45) is 0 Å². The van der Waals surface area contributed by atoms with Gasteiger partial charge in [0.1, 0.15) is 6.04 Å². The average Bonchev–Trinajstić information content (AvgIpc) is 3.18. The van der Waals surface area contributed by atoms with Crippen LogP contribution in [-0.2, 0) is 20.8 Å². The first-order valence-corrected chi connectivity index (χ1v) is 9.09. The van der Waals surface area contributed by atoms with Gasteiger partial charge < -0.3 is 15.5 Å². The minimum atomic E-state index is -0.497. The van der Waals surface area contributed by atoms with Gasteiger partial charge in [0.15, 0.2) is 0 Å². The molecular weight excluding hydrogens is 342 g/mol. The van der Waals surface area contributed by atoms with E-state index in [4.69, 9.17) is 0 Å². The Hall–Kier alpha value is -3.15. The van der Waals surface area contributed by atoms with E-state index in [9.17, 15) is 14.4 Å². The number of carbonyl (C=O) groups excluding carboxylic acids is 3. The highest BCUT2D eigenvalue weighted by Gasteiger charge is 2.33. The maximum absolute atomic E-state index is 12.5. The highest BCUT2D eigenvalue weighted by molar-refractivity contribution is 5.98. The van der Waals surface area contributed by atoms with E-state index in [0.29, 0.717) is 18.7 Å². The molecule has 1 heterocycles. The summed E-state index contributed by atoms with van der Waals surface area (Å²) in [6.45, 7) is 0.432. The molecule has 0 radical (unpaired) electrons. The van der Waals surface area contributed by atoms with Crippen molar-refractivity contribution in [1.82, 2.24) is 10.2 Å². The van der Waals surface area contributed by atoms with Crippen molar-refractivity contribution in [1.29, 1.82) is 0 Å². The van der Waals surface area contributed by atoms with Crippen LogP contribution in [0.3, 0.4) is 0 Å². The lowest BCUT2D eigenvalue weighted by atomic mass is 10.1. The number of para-hydroxylation sites is 1. The Morgan fingerprint density at radius 1 is 0.963 bits per heavy atom. The summed E-state index contributed by atoms with van der Waals surface area (Å²) in [5.74, 6) is -0.635. The summed E-state index contributed by atoms with van der Waals surface area (Å²) in [4.78, 5) is 38.6. The predicted molar refractivity (Wildman–Crippen MR) is 103 cm³/mol. The maximum Gasteiger partial charge on any atom is 0.247 e. The summed E-state index contributed by atoms with van der Waals surface area (Å²) in [6, 6.07) is 18.0. The van der Waals surface area contributed by atoms with Gasteiger partial charge in [0.2, 0.25) is 17.7 Å². The van der Waals surface area contributed by atoms with Crippen molar-refractivity contribution in [3.05, 3.63) is 66.2 Å². The molecule has 0 saturated carbocycles. The second-order valence-corrected chi connectivity index (χ2v) is 6.54. The molecule has 27 heavy (non-hydrogen) atoms. The van der Waals surface area contributed by atoms with Gasteiger partial charge in [-0.05, 0) is 30.5 Å². The molecule has 6 nitrogen and oxygen atoms in total. The molecule has 3 rings (SSSR count). The zero-order valence-electron chi connectivity index (χ0n) is 15.1. The van der Waals surface area contributed by atoms with Crippen molar-refractivity contribution in [3.8, 4) is 0 Å². The van der Waals surface area contributed by atoms with Gasteiger partial charge in [-0.25, -0.2) is 0 Å². The lowest BCUT2D eigenvalue weighted by molar-refractivity contribution is -0.137. The van der Waals surface area contributed by atoms with Crippen molar-refractivity contribution in [3.63, 3.8) is 0 Å². The third-order valence-corrected chi connectivity index (χ3v) is 4.56. The predicted octanol–water partition coefficient (Wildman–Crippen LogP) is 1.97. The van der Waals surface area contributed by atoms with Gasteiger partial charge in [-0.1, -0.05) is 48.5 Å². The second kappa shape index (κ2) is 8.98. The molecule has 1 fully saturated rings. The van der Waals surface area contributed by atoms with E-state index in [1.54, 1.807) is 4.90 Å². The molecule has 1 atom stereocenters. The van der Waals surface area contributed by atoms with Gasteiger partial charge in [-0.2, -0.15) is 0 Å². The molecule has 1 saturated heterocycles. The molecule has 0 bridgehead atoms. The van der Waals surface area contributed by atoms with E-state index in [1.165, 1.54) is 0 Å². The zero-order valence-corrected chi connectivity index (χ0v) is 15.1. The van der Waals surface area contributed by atoms with Crippen LogP contribution in [0.4, 0.5) is 5.69 Å². The van der Waals surface area contributed by atoms with Gasteiger partial charge in [0.25, 0.3) is 0 Å². The molecule has 0 aromatic heterocycles. The molecule has 3 amide bonds. The van der Waals surface area contributed by atoms with Crippen LogP contribution in [0.2, 0.25) is 0 Å². The number of rotatable bonds is 6. The second-order valence-electron chi connectivity index (χ2n) is 6.54. The van der Waals surface area contributed by atoms with Crippen LogP contribution < -0.4 is 10.6 Å². The number of nitrogens with one attached hydrogen (secondary N) is 2. The van der Waals surface area contributed by atoms with Crippen LogP contribution in [0.1, 0.15) is 18.4 Å². The largest absolute Gasteiger partial charge is 0.347 e. The molecule has 1 aliphatic rings. The Balaban J connectivity index is 1.51. The van der Waals surface area contributed by atoms with Crippen LogP contribution in [0, 0.1) is 0 Å². The summed E-state index contributed by atoms with van der Waals surface area (Å²) in [7, 11) is 0. The Labute approximate surface area is 158 Å². The third kappa shape index (κ3) is 5.17. The van der Waals surface area contributed by atoms with E-state index in [0.717, 1.165) is 12.0 Å². The number of anilines is 1. The van der Waals surface area contributed by atoms with Crippen molar-refractivity contribution < 1.29 is 14.4 Å². The highest BCUT2D eigenvalue weighted by atomic mass is 16.2. The summed E-state index contributed by atoms with van der Waals surface area (Å²) >= 11 is 0. The Morgan fingerprint density at radius 3 is 2.33 bits per heavy atom. The molecule has 0 spiro atoms. The Morgan fingerprint density at radius 2 is 1.63 bits per heavy atom. The highest BCUT2D eigenvalue weighted by Crippen LogP contribution is 2.19. The van der Waals surface area contributed by atoms with Crippen LogP contribution in [0.5, 0.6) is 0 Å².